The van der Waals surface area contributed by atoms with E-state index in [1.807, 2.05) is 48.7 Å². The first-order valence-electron chi connectivity index (χ1n) is 9.55. The maximum absolute atomic E-state index is 12.6. The summed E-state index contributed by atoms with van der Waals surface area (Å²) in [4.78, 5) is 24.8. The highest BCUT2D eigenvalue weighted by Crippen LogP contribution is 2.24. The fraction of sp³-hybridized carbons (Fsp3) is 0.238. The average Bonchev–Trinajstić information content (AvgIpc) is 3.18. The molecule has 0 aliphatic heterocycles. The minimum absolute atomic E-state index is 0.135. The predicted molar refractivity (Wildman–Crippen MR) is 124 cm³/mol. The van der Waals surface area contributed by atoms with Crippen LogP contribution in [0.2, 0.25) is 10.0 Å². The Balaban J connectivity index is 1.63. The molecule has 10 heteroatoms. The predicted octanol–water partition coefficient (Wildman–Crippen LogP) is 4.83. The number of anilines is 1. The highest BCUT2D eigenvalue weighted by molar-refractivity contribution is 7.99. The molecule has 1 atom stereocenters. The molecular weight excluding hydrogens is 457 g/mol. The standard InChI is InChI=1S/C21H21Cl2N5O2S/c1-3-28-19(13(2)24-20(30)14-9-10-16(22)17(23)11-14)26-27-21(28)31-12-18(29)25-15-7-5-4-6-8-15/h4-11,13H,3,12H2,1-2H3,(H,24,30)(H,25,29)/t13-/m1/s1. The third-order valence-electron chi connectivity index (χ3n) is 4.37. The molecule has 0 aliphatic rings. The number of para-hydroxylation sites is 1. The largest absolute Gasteiger partial charge is 0.342 e. The topological polar surface area (TPSA) is 88.9 Å². The summed E-state index contributed by atoms with van der Waals surface area (Å²) in [5.41, 5.74) is 1.14. The van der Waals surface area contributed by atoms with Crippen molar-refractivity contribution in [3.05, 3.63) is 70.0 Å². The minimum atomic E-state index is -0.401. The van der Waals surface area contributed by atoms with E-state index >= 15 is 0 Å². The van der Waals surface area contributed by atoms with Gasteiger partial charge in [0.05, 0.1) is 21.8 Å². The summed E-state index contributed by atoms with van der Waals surface area (Å²) < 4.78 is 1.88. The van der Waals surface area contributed by atoms with Gasteiger partial charge >= 0.3 is 0 Å². The molecule has 162 valence electrons. The molecule has 1 aromatic heterocycles. The van der Waals surface area contributed by atoms with Crippen molar-refractivity contribution >= 4 is 52.5 Å². The maximum atomic E-state index is 12.6. The molecule has 0 fully saturated rings. The second-order valence-electron chi connectivity index (χ2n) is 6.61. The van der Waals surface area contributed by atoms with Crippen LogP contribution in [0, 0.1) is 0 Å². The van der Waals surface area contributed by atoms with Gasteiger partial charge in [-0.3, -0.25) is 9.59 Å². The monoisotopic (exact) mass is 477 g/mol. The fourth-order valence-corrected chi connectivity index (χ4v) is 3.96. The molecule has 2 N–H and O–H groups in total. The molecule has 2 amide bonds. The molecule has 0 bridgehead atoms. The molecule has 0 radical (unpaired) electrons. The number of rotatable bonds is 8. The quantitative estimate of drug-likeness (QED) is 0.453. The average molecular weight is 478 g/mol. The lowest BCUT2D eigenvalue weighted by Crippen LogP contribution is -2.28. The summed E-state index contributed by atoms with van der Waals surface area (Å²) >= 11 is 13.2. The van der Waals surface area contributed by atoms with Gasteiger partial charge in [0, 0.05) is 17.8 Å². The number of hydrogen-bond donors (Lipinski definition) is 2. The van der Waals surface area contributed by atoms with Crippen LogP contribution in [0.4, 0.5) is 5.69 Å². The number of hydrogen-bond acceptors (Lipinski definition) is 5. The van der Waals surface area contributed by atoms with E-state index in [1.165, 1.54) is 17.8 Å². The van der Waals surface area contributed by atoms with Crippen LogP contribution in [0.5, 0.6) is 0 Å². The number of aromatic nitrogens is 3. The molecule has 0 spiro atoms. The Bertz CT molecular complexity index is 1070. The van der Waals surface area contributed by atoms with Crippen LogP contribution in [0.25, 0.3) is 0 Å². The Kier molecular flexibility index (Phi) is 7.95. The third kappa shape index (κ3) is 6.00. The molecular formula is C21H21Cl2N5O2S. The number of carbonyl (C=O) groups is 2. The number of benzene rings is 2. The Labute approximate surface area is 194 Å². The molecule has 1 heterocycles. The number of nitrogens with one attached hydrogen (secondary N) is 2. The zero-order valence-corrected chi connectivity index (χ0v) is 19.3. The zero-order chi connectivity index (χ0) is 22.4. The van der Waals surface area contributed by atoms with Crippen LogP contribution in [0.15, 0.2) is 53.7 Å². The number of thioether (sulfide) groups is 1. The first-order chi connectivity index (χ1) is 14.9. The van der Waals surface area contributed by atoms with Gasteiger partial charge in [-0.2, -0.15) is 0 Å². The first-order valence-corrected chi connectivity index (χ1v) is 11.3. The smallest absolute Gasteiger partial charge is 0.251 e. The summed E-state index contributed by atoms with van der Waals surface area (Å²) in [5.74, 6) is 0.358. The van der Waals surface area contributed by atoms with Gasteiger partial charge in [0.15, 0.2) is 11.0 Å². The summed E-state index contributed by atoms with van der Waals surface area (Å²) in [6, 6.07) is 13.6. The van der Waals surface area contributed by atoms with E-state index in [-0.39, 0.29) is 17.6 Å². The van der Waals surface area contributed by atoms with Gasteiger partial charge in [0.25, 0.3) is 5.91 Å². The number of amides is 2. The van der Waals surface area contributed by atoms with Gasteiger partial charge in [0.2, 0.25) is 5.91 Å². The van der Waals surface area contributed by atoms with Gasteiger partial charge in [-0.15, -0.1) is 10.2 Å². The van der Waals surface area contributed by atoms with Crippen molar-refractivity contribution in [3.63, 3.8) is 0 Å². The van der Waals surface area contributed by atoms with Crippen molar-refractivity contribution in [2.75, 3.05) is 11.1 Å². The van der Waals surface area contributed by atoms with E-state index in [2.05, 4.69) is 20.8 Å². The van der Waals surface area contributed by atoms with Crippen LogP contribution in [-0.4, -0.2) is 32.3 Å². The molecule has 2 aromatic carbocycles. The van der Waals surface area contributed by atoms with Crippen molar-refractivity contribution in [2.24, 2.45) is 0 Å². The van der Waals surface area contributed by atoms with E-state index in [9.17, 15) is 9.59 Å². The van der Waals surface area contributed by atoms with E-state index in [4.69, 9.17) is 23.2 Å². The van der Waals surface area contributed by atoms with Crippen LogP contribution < -0.4 is 10.6 Å². The van der Waals surface area contributed by atoms with Gasteiger partial charge in [-0.05, 0) is 44.2 Å². The van der Waals surface area contributed by atoms with E-state index in [0.717, 1.165) is 5.69 Å². The number of halogens is 2. The molecule has 0 unspecified atom stereocenters. The third-order valence-corrected chi connectivity index (χ3v) is 6.07. The first kappa shape index (κ1) is 23.1. The van der Waals surface area contributed by atoms with Crippen LogP contribution >= 0.6 is 35.0 Å². The molecule has 3 aromatic rings. The van der Waals surface area contributed by atoms with Crippen molar-refractivity contribution < 1.29 is 9.59 Å². The second-order valence-corrected chi connectivity index (χ2v) is 8.37. The molecule has 31 heavy (non-hydrogen) atoms. The van der Waals surface area contributed by atoms with Gasteiger partial charge < -0.3 is 15.2 Å². The highest BCUT2D eigenvalue weighted by atomic mass is 35.5. The summed E-state index contributed by atoms with van der Waals surface area (Å²) in [6.45, 7) is 4.37. The van der Waals surface area contributed by atoms with Crippen molar-refractivity contribution in [1.29, 1.82) is 0 Å². The van der Waals surface area contributed by atoms with E-state index in [1.54, 1.807) is 12.1 Å². The van der Waals surface area contributed by atoms with Crippen molar-refractivity contribution in [3.8, 4) is 0 Å². The normalized spacial score (nSPS) is 11.7. The maximum Gasteiger partial charge on any atom is 0.251 e. The Morgan fingerprint density at radius 2 is 1.84 bits per heavy atom. The van der Waals surface area contributed by atoms with Crippen molar-refractivity contribution in [1.82, 2.24) is 20.1 Å². The lowest BCUT2D eigenvalue weighted by atomic mass is 10.2. The fourth-order valence-electron chi connectivity index (χ4n) is 2.85. The Morgan fingerprint density at radius 3 is 2.52 bits per heavy atom. The zero-order valence-electron chi connectivity index (χ0n) is 16.9. The summed E-state index contributed by atoms with van der Waals surface area (Å²) in [6.07, 6.45) is 0. The summed E-state index contributed by atoms with van der Waals surface area (Å²) in [7, 11) is 0. The second kappa shape index (κ2) is 10.7. The van der Waals surface area contributed by atoms with Crippen LogP contribution in [0.1, 0.15) is 36.1 Å². The van der Waals surface area contributed by atoms with E-state index < -0.39 is 6.04 Å². The Hall–Kier alpha value is -2.55. The minimum Gasteiger partial charge on any atom is -0.342 e. The Morgan fingerprint density at radius 1 is 1.10 bits per heavy atom. The van der Waals surface area contributed by atoms with Crippen molar-refractivity contribution in [2.45, 2.75) is 31.6 Å². The SMILES string of the molecule is CCn1c(SCC(=O)Nc2ccccc2)nnc1[C@@H](C)NC(=O)c1ccc(Cl)c(Cl)c1. The highest BCUT2D eigenvalue weighted by Gasteiger charge is 2.20. The van der Waals surface area contributed by atoms with Gasteiger partial charge in [-0.25, -0.2) is 0 Å². The lowest BCUT2D eigenvalue weighted by Gasteiger charge is -2.15. The van der Waals surface area contributed by atoms with Crippen LogP contribution in [0.3, 0.4) is 0 Å². The summed E-state index contributed by atoms with van der Waals surface area (Å²) in [5, 5.41) is 15.5. The number of carbonyl (C=O) groups excluding carboxylic acids is 2. The van der Waals surface area contributed by atoms with Gasteiger partial charge in [-0.1, -0.05) is 53.2 Å². The number of nitrogens with zero attached hydrogens (tertiary/aromatic N) is 3. The molecule has 0 aliphatic carbocycles. The molecule has 7 nitrogen and oxygen atoms in total. The molecule has 3 rings (SSSR count). The molecule has 0 saturated carbocycles. The van der Waals surface area contributed by atoms with Gasteiger partial charge in [0.1, 0.15) is 0 Å². The molecule has 0 saturated heterocycles. The lowest BCUT2D eigenvalue weighted by molar-refractivity contribution is -0.113. The van der Waals surface area contributed by atoms with Crippen LogP contribution in [-0.2, 0) is 11.3 Å². The van der Waals surface area contributed by atoms with E-state index in [0.29, 0.717) is 33.1 Å².